The number of hydrogen-bond acceptors (Lipinski definition) is 4. The van der Waals surface area contributed by atoms with Gasteiger partial charge in [0.2, 0.25) is 0 Å². The van der Waals surface area contributed by atoms with E-state index in [1.54, 1.807) is 0 Å². The van der Waals surface area contributed by atoms with Crippen LogP contribution in [0, 0.1) is 0 Å². The normalized spacial score (nSPS) is 11.7. The Labute approximate surface area is 380 Å². The molecule has 5 nitrogen and oxygen atoms in total. The average molecular weight is 853 g/mol. The number of nitrogens with zero attached hydrogens (tertiary/aromatic N) is 4. The van der Waals surface area contributed by atoms with Gasteiger partial charge in [0.25, 0.3) is 0 Å². The number of aromatic nitrogens is 2. The lowest BCUT2D eigenvalue weighted by molar-refractivity contribution is 0.360. The van der Waals surface area contributed by atoms with Gasteiger partial charge in [-0.2, -0.15) is 0 Å². The highest BCUT2D eigenvalue weighted by atomic mass is 32.2. The molecule has 0 atom stereocenters. The van der Waals surface area contributed by atoms with Crippen LogP contribution in [0.2, 0.25) is 0 Å². The predicted molar refractivity (Wildman–Crippen MR) is 276 cm³/mol. The van der Waals surface area contributed by atoms with Gasteiger partial charge in [-0.05, 0) is 121 Å². The first-order valence-corrected chi connectivity index (χ1v) is 23.3. The van der Waals surface area contributed by atoms with Gasteiger partial charge in [-0.1, -0.05) is 136 Å². The molecule has 0 amide bonds. The van der Waals surface area contributed by atoms with Crippen molar-refractivity contribution >= 4 is 102 Å². The minimum atomic E-state index is 0.727. The maximum atomic E-state index is 6.05. The molecule has 0 bridgehead atoms. The van der Waals surface area contributed by atoms with Crippen molar-refractivity contribution in [3.05, 3.63) is 205 Å². The molecule has 0 spiro atoms. The Morgan fingerprint density at radius 1 is 0.422 bits per heavy atom. The summed E-state index contributed by atoms with van der Waals surface area (Å²) in [5.41, 5.74) is 13.9. The molecular weight excluding hydrogens is 801 g/mol. The van der Waals surface area contributed by atoms with Gasteiger partial charge in [-0.25, -0.2) is 0 Å². The van der Waals surface area contributed by atoms with E-state index in [-0.39, 0.29) is 0 Å². The minimum absolute atomic E-state index is 0.727. The van der Waals surface area contributed by atoms with Gasteiger partial charge in [-0.3, -0.25) is 8.16 Å². The van der Waals surface area contributed by atoms with Gasteiger partial charge >= 0.3 is 0 Å². The lowest BCUT2D eigenvalue weighted by Crippen LogP contribution is -2.09. The number of aryl methyl sites for hydroxylation is 1. The van der Waals surface area contributed by atoms with Crippen LogP contribution in [-0.2, 0) is 10.7 Å². The Morgan fingerprint density at radius 2 is 0.844 bits per heavy atom. The van der Waals surface area contributed by atoms with Crippen LogP contribution in [-0.4, -0.2) is 15.1 Å². The average Bonchev–Trinajstić information content (AvgIpc) is 3.84. The van der Waals surface area contributed by atoms with Crippen molar-refractivity contribution in [2.24, 2.45) is 0 Å². The fraction of sp³-hybridized carbons (Fsp3) is 0.138. The standard InChI is InChI=1S/C58H52N4OS/c1-3-5-39-59-55-23-15-13-21-51(55)53-41-49(35-37-56(53)59)60(45-17-9-7-10-18-45)47-31-27-43(28-32-47)25-26-44-29-33-48(34-30-44)61(46-19-11-8-12-20-46)50-36-38-58-54(42-50)52-22-14-16-24-57(52)62(58)64-63-40-6-4-2/h7-38,41-42H,3-6,39-40H2,1-2H3/b26-25+. The molecule has 0 aliphatic heterocycles. The Bertz CT molecular complexity index is 3190. The highest BCUT2D eigenvalue weighted by Crippen LogP contribution is 2.41. The molecule has 2 heterocycles. The first-order chi connectivity index (χ1) is 31.7. The number of fused-ring (bicyclic) bond motifs is 6. The van der Waals surface area contributed by atoms with Crippen molar-refractivity contribution < 1.29 is 4.18 Å². The van der Waals surface area contributed by atoms with E-state index < -0.39 is 0 Å². The lowest BCUT2D eigenvalue weighted by Gasteiger charge is -2.26. The quantitative estimate of drug-likeness (QED) is 0.0549. The van der Waals surface area contributed by atoms with Gasteiger partial charge in [-0.15, -0.1) is 0 Å². The topological polar surface area (TPSA) is 25.6 Å². The molecule has 10 aromatic rings. The van der Waals surface area contributed by atoms with Crippen LogP contribution in [0.15, 0.2) is 194 Å². The van der Waals surface area contributed by atoms with Gasteiger partial charge in [0.1, 0.15) is 12.2 Å². The second-order valence-electron chi connectivity index (χ2n) is 16.3. The molecule has 0 fully saturated rings. The molecule has 6 heteroatoms. The molecule has 0 saturated heterocycles. The van der Waals surface area contributed by atoms with Crippen LogP contribution >= 0.6 is 12.2 Å². The molecule has 0 aliphatic carbocycles. The SMILES string of the molecule is CCCCOSn1c2ccccc2c2cc(N(c3ccccc3)c3ccc(/C=C/c4ccc(N(c5ccccc5)c5ccc6c(c5)c5ccccc5n6CCCC)cc4)cc3)ccc21. The number of rotatable bonds is 16. The van der Waals surface area contributed by atoms with Gasteiger partial charge in [0, 0.05) is 73.2 Å². The second kappa shape index (κ2) is 18.8. The van der Waals surface area contributed by atoms with Gasteiger partial charge < -0.3 is 14.4 Å². The van der Waals surface area contributed by atoms with Crippen molar-refractivity contribution in [2.45, 2.75) is 46.1 Å². The zero-order valence-electron chi connectivity index (χ0n) is 36.5. The molecule has 64 heavy (non-hydrogen) atoms. The molecule has 0 radical (unpaired) electrons. The molecule has 8 aromatic carbocycles. The van der Waals surface area contributed by atoms with Crippen LogP contribution < -0.4 is 9.80 Å². The summed E-state index contributed by atoms with van der Waals surface area (Å²) in [6.07, 6.45) is 8.88. The highest BCUT2D eigenvalue weighted by molar-refractivity contribution is 7.93. The third kappa shape index (κ3) is 8.19. The monoisotopic (exact) mass is 852 g/mol. The van der Waals surface area contributed by atoms with Crippen LogP contribution in [0.25, 0.3) is 55.8 Å². The Balaban J connectivity index is 0.926. The van der Waals surface area contributed by atoms with Crippen molar-refractivity contribution in [1.29, 1.82) is 0 Å². The third-order valence-electron chi connectivity index (χ3n) is 12.1. The van der Waals surface area contributed by atoms with Crippen LogP contribution in [0.5, 0.6) is 0 Å². The van der Waals surface area contributed by atoms with E-state index in [2.05, 4.69) is 238 Å². The van der Waals surface area contributed by atoms with E-state index >= 15 is 0 Å². The molecule has 2 aromatic heterocycles. The summed E-state index contributed by atoms with van der Waals surface area (Å²) < 4.78 is 10.8. The van der Waals surface area contributed by atoms with E-state index in [1.807, 2.05) is 0 Å². The summed E-state index contributed by atoms with van der Waals surface area (Å²) in [5, 5.41) is 5.00. The van der Waals surface area contributed by atoms with Crippen LogP contribution in [0.3, 0.4) is 0 Å². The Kier molecular flexibility index (Phi) is 12.0. The maximum absolute atomic E-state index is 6.05. The molecule has 0 aliphatic rings. The number of unbranched alkanes of at least 4 members (excludes halogenated alkanes) is 2. The van der Waals surface area contributed by atoms with Gasteiger partial charge in [0.05, 0.1) is 17.6 Å². The fourth-order valence-electron chi connectivity index (χ4n) is 8.89. The maximum Gasteiger partial charge on any atom is 0.119 e. The molecule has 0 N–H and O–H groups in total. The number of anilines is 6. The van der Waals surface area contributed by atoms with E-state index in [9.17, 15) is 0 Å². The zero-order chi connectivity index (χ0) is 43.2. The Hall–Kier alpha value is -6.99. The van der Waals surface area contributed by atoms with Crippen molar-refractivity contribution in [1.82, 2.24) is 8.54 Å². The van der Waals surface area contributed by atoms with Crippen LogP contribution in [0.4, 0.5) is 34.1 Å². The number of hydrogen-bond donors (Lipinski definition) is 0. The smallest absolute Gasteiger partial charge is 0.119 e. The van der Waals surface area contributed by atoms with Crippen molar-refractivity contribution in [2.75, 3.05) is 16.4 Å². The summed E-state index contributed by atoms with van der Waals surface area (Å²) in [5.74, 6) is 0. The Morgan fingerprint density at radius 3 is 1.41 bits per heavy atom. The summed E-state index contributed by atoms with van der Waals surface area (Å²) in [6, 6.07) is 70.2. The number of para-hydroxylation sites is 4. The molecule has 0 saturated carbocycles. The molecular formula is C58H52N4OS. The van der Waals surface area contributed by atoms with Crippen molar-refractivity contribution in [3.8, 4) is 0 Å². The second-order valence-corrected chi connectivity index (χ2v) is 17.1. The third-order valence-corrected chi connectivity index (χ3v) is 12.9. The van der Waals surface area contributed by atoms with E-state index in [1.165, 1.54) is 51.2 Å². The van der Waals surface area contributed by atoms with E-state index in [0.29, 0.717) is 0 Å². The zero-order valence-corrected chi connectivity index (χ0v) is 37.3. The summed E-state index contributed by atoms with van der Waals surface area (Å²) in [7, 11) is 0. The molecule has 10 rings (SSSR count). The van der Waals surface area contributed by atoms with Gasteiger partial charge in [0.15, 0.2) is 0 Å². The first kappa shape index (κ1) is 41.0. The molecule has 316 valence electrons. The number of benzene rings is 8. The summed E-state index contributed by atoms with van der Waals surface area (Å²) in [4.78, 5) is 4.70. The largest absolute Gasteiger partial charge is 0.340 e. The van der Waals surface area contributed by atoms with Crippen molar-refractivity contribution in [3.63, 3.8) is 0 Å². The van der Waals surface area contributed by atoms with Crippen LogP contribution in [0.1, 0.15) is 50.7 Å². The lowest BCUT2D eigenvalue weighted by atomic mass is 10.1. The summed E-state index contributed by atoms with van der Waals surface area (Å²) >= 11 is 1.43. The minimum Gasteiger partial charge on any atom is -0.340 e. The van der Waals surface area contributed by atoms with E-state index in [4.69, 9.17) is 4.18 Å². The fourth-order valence-corrected chi connectivity index (χ4v) is 9.66. The van der Waals surface area contributed by atoms with E-state index in [0.717, 1.165) is 88.7 Å². The first-order valence-electron chi connectivity index (χ1n) is 22.6. The highest BCUT2D eigenvalue weighted by Gasteiger charge is 2.19. The summed E-state index contributed by atoms with van der Waals surface area (Å²) in [6.45, 7) is 6.20. The predicted octanol–water partition coefficient (Wildman–Crippen LogP) is 17.0. The molecule has 0 unspecified atom stereocenters.